The van der Waals surface area contributed by atoms with Gasteiger partial charge >= 0.3 is 0 Å². The summed E-state index contributed by atoms with van der Waals surface area (Å²) in [7, 11) is 0. The Balaban J connectivity index is 1.25. The smallest absolute Gasteiger partial charge is 0.259 e. The summed E-state index contributed by atoms with van der Waals surface area (Å²) < 4.78 is 1.85. The fourth-order valence-electron chi connectivity index (χ4n) is 4.23. The van der Waals surface area contributed by atoms with E-state index in [1.807, 2.05) is 34.3 Å². The third-order valence-corrected chi connectivity index (χ3v) is 6.62. The number of hydrogen-bond donors (Lipinski definition) is 1. The van der Waals surface area contributed by atoms with Crippen molar-refractivity contribution in [2.45, 2.75) is 32.9 Å². The van der Waals surface area contributed by atoms with Gasteiger partial charge in [-0.25, -0.2) is 14.6 Å². The number of carbonyl (C=O) groups is 1. The molecule has 7 nitrogen and oxygen atoms in total. The normalized spacial score (nSPS) is 17.0. The average molecular weight is 447 g/mol. The van der Waals surface area contributed by atoms with Gasteiger partial charge in [0.15, 0.2) is 10.8 Å². The van der Waals surface area contributed by atoms with Gasteiger partial charge in [0.2, 0.25) is 0 Å². The minimum Gasteiger partial charge on any atom is -0.298 e. The van der Waals surface area contributed by atoms with Crippen LogP contribution >= 0.6 is 11.3 Å². The minimum absolute atomic E-state index is 0.206. The number of rotatable bonds is 6. The lowest BCUT2D eigenvalue weighted by Gasteiger charge is -2.30. The van der Waals surface area contributed by atoms with Gasteiger partial charge in [0.05, 0.1) is 24.0 Å². The number of carbonyl (C=O) groups excluding carboxylic acids is 1. The molecule has 1 fully saturated rings. The summed E-state index contributed by atoms with van der Waals surface area (Å²) >= 11 is 1.46. The predicted octanol–water partition coefficient (Wildman–Crippen LogP) is 4.42. The van der Waals surface area contributed by atoms with E-state index in [1.54, 1.807) is 12.4 Å². The van der Waals surface area contributed by atoms with Crippen LogP contribution in [0.4, 0.5) is 5.13 Å². The SMILES string of the molecule is CC1CCCN(Cc2csc(NC(=O)c3cnc4c(cnn4Cc4ccccc4)c3)n2)C1. The minimum atomic E-state index is -0.206. The zero-order valence-electron chi connectivity index (χ0n) is 18.1. The second-order valence-electron chi connectivity index (χ2n) is 8.51. The number of fused-ring (bicyclic) bond motifs is 1. The van der Waals surface area contributed by atoms with Crippen molar-refractivity contribution < 1.29 is 4.79 Å². The Hall–Kier alpha value is -3.10. The second kappa shape index (κ2) is 9.18. The highest BCUT2D eigenvalue weighted by Crippen LogP contribution is 2.22. The topological polar surface area (TPSA) is 75.9 Å². The van der Waals surface area contributed by atoms with Gasteiger partial charge in [0.1, 0.15) is 0 Å². The van der Waals surface area contributed by atoms with E-state index in [2.05, 4.69) is 44.3 Å². The van der Waals surface area contributed by atoms with Crippen molar-refractivity contribution in [1.82, 2.24) is 24.6 Å². The molecule has 1 amide bonds. The Kier molecular flexibility index (Phi) is 5.96. The van der Waals surface area contributed by atoms with Gasteiger partial charge in [-0.2, -0.15) is 5.10 Å². The molecule has 0 aliphatic carbocycles. The second-order valence-corrected chi connectivity index (χ2v) is 9.36. The number of benzene rings is 1. The summed E-state index contributed by atoms with van der Waals surface area (Å²) in [6.45, 7) is 6.01. The van der Waals surface area contributed by atoms with E-state index in [1.165, 1.54) is 24.2 Å². The van der Waals surface area contributed by atoms with Crippen LogP contribution in [0.15, 0.2) is 54.2 Å². The molecule has 1 aromatic carbocycles. The van der Waals surface area contributed by atoms with Crippen molar-refractivity contribution in [3.63, 3.8) is 0 Å². The third kappa shape index (κ3) is 4.71. The van der Waals surface area contributed by atoms with Crippen molar-refractivity contribution in [2.75, 3.05) is 18.4 Å². The van der Waals surface area contributed by atoms with Crippen molar-refractivity contribution in [3.05, 3.63) is 71.0 Å². The van der Waals surface area contributed by atoms with E-state index < -0.39 is 0 Å². The number of pyridine rings is 1. The summed E-state index contributed by atoms with van der Waals surface area (Å²) in [4.78, 5) is 24.3. The lowest BCUT2D eigenvalue weighted by molar-refractivity contribution is 0.102. The summed E-state index contributed by atoms with van der Waals surface area (Å²) in [5.41, 5.74) is 3.42. The first-order valence-electron chi connectivity index (χ1n) is 11.0. The van der Waals surface area contributed by atoms with E-state index in [0.717, 1.165) is 47.8 Å². The highest BCUT2D eigenvalue weighted by molar-refractivity contribution is 7.14. The van der Waals surface area contributed by atoms with E-state index in [4.69, 9.17) is 0 Å². The molecular formula is C24H26N6OS. The Morgan fingerprint density at radius 3 is 2.94 bits per heavy atom. The average Bonchev–Trinajstić information content (AvgIpc) is 3.41. The largest absolute Gasteiger partial charge is 0.298 e. The number of nitrogens with zero attached hydrogens (tertiary/aromatic N) is 5. The highest BCUT2D eigenvalue weighted by Gasteiger charge is 2.18. The van der Waals surface area contributed by atoms with E-state index in [0.29, 0.717) is 17.2 Å². The van der Waals surface area contributed by atoms with Gasteiger partial charge in [-0.05, 0) is 36.9 Å². The van der Waals surface area contributed by atoms with Crippen LogP contribution in [0, 0.1) is 5.92 Å². The van der Waals surface area contributed by atoms with Gasteiger partial charge < -0.3 is 0 Å². The van der Waals surface area contributed by atoms with Crippen LogP contribution in [-0.4, -0.2) is 43.6 Å². The molecule has 1 aliphatic heterocycles. The molecule has 1 atom stereocenters. The third-order valence-electron chi connectivity index (χ3n) is 5.81. The molecule has 1 aliphatic rings. The lowest BCUT2D eigenvalue weighted by atomic mass is 10.0. The summed E-state index contributed by atoms with van der Waals surface area (Å²) in [5, 5.41) is 10.9. The molecule has 1 saturated heterocycles. The van der Waals surface area contributed by atoms with Gasteiger partial charge in [-0.1, -0.05) is 37.3 Å². The maximum Gasteiger partial charge on any atom is 0.259 e. The van der Waals surface area contributed by atoms with Crippen LogP contribution in [0.3, 0.4) is 0 Å². The van der Waals surface area contributed by atoms with E-state index in [9.17, 15) is 4.79 Å². The summed E-state index contributed by atoms with van der Waals surface area (Å²) in [6, 6.07) is 12.0. The first kappa shape index (κ1) is 20.8. The highest BCUT2D eigenvalue weighted by atomic mass is 32.1. The molecule has 4 aromatic rings. The number of aromatic nitrogens is 4. The van der Waals surface area contributed by atoms with Gasteiger partial charge in [-0.15, -0.1) is 11.3 Å². The van der Waals surface area contributed by atoms with Crippen LogP contribution in [-0.2, 0) is 13.1 Å². The summed E-state index contributed by atoms with van der Waals surface area (Å²) in [5.74, 6) is 0.531. The van der Waals surface area contributed by atoms with Gasteiger partial charge in [0, 0.05) is 30.1 Å². The van der Waals surface area contributed by atoms with Gasteiger partial charge in [-0.3, -0.25) is 15.0 Å². The monoisotopic (exact) mass is 446 g/mol. The molecule has 0 spiro atoms. The van der Waals surface area contributed by atoms with Crippen molar-refractivity contribution in [2.24, 2.45) is 5.92 Å². The van der Waals surface area contributed by atoms with Crippen molar-refractivity contribution in [1.29, 1.82) is 0 Å². The predicted molar refractivity (Wildman–Crippen MR) is 127 cm³/mol. The fraction of sp³-hybridized carbons (Fsp3) is 0.333. The number of nitrogens with one attached hydrogen (secondary N) is 1. The fourth-order valence-corrected chi connectivity index (χ4v) is 4.93. The molecule has 5 rings (SSSR count). The Bertz CT molecular complexity index is 1220. The zero-order chi connectivity index (χ0) is 21.9. The Morgan fingerprint density at radius 2 is 2.09 bits per heavy atom. The standard InChI is InChI=1S/C24H26N6OS/c1-17-6-5-9-29(13-17)15-21-16-32-24(27-21)28-23(31)20-10-19-12-26-30(22(19)25-11-20)14-18-7-3-2-4-8-18/h2-4,7-8,10-12,16-17H,5-6,9,13-15H2,1H3,(H,27,28,31). The molecule has 8 heteroatoms. The maximum atomic E-state index is 12.8. The molecule has 32 heavy (non-hydrogen) atoms. The van der Waals surface area contributed by atoms with Crippen LogP contribution in [0.1, 0.15) is 41.4 Å². The molecule has 0 radical (unpaired) electrons. The molecule has 3 aromatic heterocycles. The van der Waals surface area contributed by atoms with Crippen LogP contribution < -0.4 is 5.32 Å². The number of likely N-dealkylation sites (tertiary alicyclic amines) is 1. The lowest BCUT2D eigenvalue weighted by Crippen LogP contribution is -2.33. The molecule has 0 saturated carbocycles. The Labute approximate surface area is 191 Å². The van der Waals surface area contributed by atoms with Crippen LogP contribution in [0.5, 0.6) is 0 Å². The first-order chi connectivity index (χ1) is 15.6. The number of piperidine rings is 1. The maximum absolute atomic E-state index is 12.8. The molecule has 164 valence electrons. The molecule has 0 bridgehead atoms. The van der Waals surface area contributed by atoms with Crippen molar-refractivity contribution in [3.8, 4) is 0 Å². The number of hydrogen-bond acceptors (Lipinski definition) is 6. The number of amides is 1. The Morgan fingerprint density at radius 1 is 1.22 bits per heavy atom. The van der Waals surface area contributed by atoms with Gasteiger partial charge in [0.25, 0.3) is 5.91 Å². The van der Waals surface area contributed by atoms with E-state index in [-0.39, 0.29) is 5.91 Å². The number of thiazole rings is 1. The molecule has 1 unspecified atom stereocenters. The number of anilines is 1. The molecule has 4 heterocycles. The quantitative estimate of drug-likeness (QED) is 0.474. The van der Waals surface area contributed by atoms with Crippen LogP contribution in [0.25, 0.3) is 11.0 Å². The molecule has 1 N–H and O–H groups in total. The van der Waals surface area contributed by atoms with Crippen molar-refractivity contribution >= 4 is 33.4 Å². The van der Waals surface area contributed by atoms with E-state index >= 15 is 0 Å². The summed E-state index contributed by atoms with van der Waals surface area (Å²) in [6.07, 6.45) is 5.90. The van der Waals surface area contributed by atoms with Crippen LogP contribution in [0.2, 0.25) is 0 Å². The first-order valence-corrected chi connectivity index (χ1v) is 11.9. The zero-order valence-corrected chi connectivity index (χ0v) is 18.9. The molecular weight excluding hydrogens is 420 g/mol.